The van der Waals surface area contributed by atoms with Gasteiger partial charge in [0, 0.05) is 17.5 Å². The van der Waals surface area contributed by atoms with Crippen LogP contribution >= 0.6 is 0 Å². The lowest BCUT2D eigenvalue weighted by Crippen LogP contribution is -1.96. The highest BCUT2D eigenvalue weighted by molar-refractivity contribution is 5.82. The van der Waals surface area contributed by atoms with Gasteiger partial charge in [0.1, 0.15) is 17.7 Å². The topological polar surface area (TPSA) is 63.0 Å². The molecule has 0 fully saturated rings. The Bertz CT molecular complexity index is 922. The molecule has 1 aromatic heterocycles. The fourth-order valence-corrected chi connectivity index (χ4v) is 3.20. The maximum Gasteiger partial charge on any atom is 0.203 e. The first-order valence-corrected chi connectivity index (χ1v) is 8.26. The predicted molar refractivity (Wildman–Crippen MR) is 96.2 cm³/mol. The van der Waals surface area contributed by atoms with Crippen molar-refractivity contribution in [2.24, 2.45) is 0 Å². The molecular formula is C20H19NO5. The fraction of sp³-hybridized carbons (Fsp3) is 0.250. The molecule has 6 nitrogen and oxygen atoms in total. The van der Waals surface area contributed by atoms with Gasteiger partial charge in [-0.1, -0.05) is 17.3 Å². The summed E-state index contributed by atoms with van der Waals surface area (Å²) in [6.07, 6.45) is 2.58. The van der Waals surface area contributed by atoms with Gasteiger partial charge in [0.05, 0.1) is 27.9 Å². The lowest BCUT2D eigenvalue weighted by Gasteiger charge is -2.13. The summed E-state index contributed by atoms with van der Waals surface area (Å²) in [7, 11) is 4.75. The van der Waals surface area contributed by atoms with Crippen LogP contribution in [0.2, 0.25) is 0 Å². The third-order valence-electron chi connectivity index (χ3n) is 4.51. The standard InChI is InChI=1S/C20H19NO5/c1-22-17-9-14(10-18(23-2)20(17)24-3)19-15(11-26-21-19)13-5-4-12-6-7-25-16(12)8-13/h4-5,8-11H,6-7H2,1-3H3. The van der Waals surface area contributed by atoms with Crippen LogP contribution in [0.25, 0.3) is 22.4 Å². The van der Waals surface area contributed by atoms with Gasteiger partial charge in [0.25, 0.3) is 0 Å². The van der Waals surface area contributed by atoms with Crippen LogP contribution in [0.1, 0.15) is 5.56 Å². The average molecular weight is 353 g/mol. The van der Waals surface area contributed by atoms with Crippen LogP contribution < -0.4 is 18.9 Å². The average Bonchev–Trinajstić information content (AvgIpc) is 3.35. The first-order chi connectivity index (χ1) is 12.7. The highest BCUT2D eigenvalue weighted by Gasteiger charge is 2.20. The van der Waals surface area contributed by atoms with Crippen LogP contribution in [0.15, 0.2) is 41.1 Å². The fourth-order valence-electron chi connectivity index (χ4n) is 3.20. The highest BCUT2D eigenvalue weighted by atomic mass is 16.5. The number of aromatic nitrogens is 1. The van der Waals surface area contributed by atoms with Crippen molar-refractivity contribution in [3.8, 4) is 45.4 Å². The second kappa shape index (κ2) is 6.63. The van der Waals surface area contributed by atoms with Gasteiger partial charge < -0.3 is 23.5 Å². The highest BCUT2D eigenvalue weighted by Crippen LogP contribution is 2.43. The molecule has 26 heavy (non-hydrogen) atoms. The largest absolute Gasteiger partial charge is 0.493 e. The molecule has 1 aliphatic rings. The Morgan fingerprint density at radius 2 is 1.69 bits per heavy atom. The van der Waals surface area contributed by atoms with E-state index in [1.807, 2.05) is 18.2 Å². The molecule has 0 N–H and O–H groups in total. The Morgan fingerprint density at radius 3 is 2.38 bits per heavy atom. The molecule has 0 aliphatic carbocycles. The number of nitrogens with zero attached hydrogens (tertiary/aromatic N) is 1. The first-order valence-electron chi connectivity index (χ1n) is 8.26. The molecular weight excluding hydrogens is 334 g/mol. The van der Waals surface area contributed by atoms with E-state index < -0.39 is 0 Å². The molecule has 0 spiro atoms. The van der Waals surface area contributed by atoms with Crippen LogP contribution in [-0.4, -0.2) is 33.1 Å². The van der Waals surface area contributed by atoms with E-state index in [4.69, 9.17) is 23.5 Å². The molecule has 2 heterocycles. The molecule has 0 saturated heterocycles. The molecule has 0 amide bonds. The molecule has 0 radical (unpaired) electrons. The first kappa shape index (κ1) is 16.3. The van der Waals surface area contributed by atoms with Gasteiger partial charge in [-0.2, -0.15) is 0 Å². The normalized spacial score (nSPS) is 12.4. The number of hydrogen-bond acceptors (Lipinski definition) is 6. The zero-order chi connectivity index (χ0) is 18.1. The molecule has 6 heteroatoms. The lowest BCUT2D eigenvalue weighted by molar-refractivity contribution is 0.324. The Hall–Kier alpha value is -3.15. The maximum absolute atomic E-state index is 5.68. The van der Waals surface area contributed by atoms with E-state index in [9.17, 15) is 0 Å². The summed E-state index contributed by atoms with van der Waals surface area (Å²) in [4.78, 5) is 0. The van der Waals surface area contributed by atoms with Crippen molar-refractivity contribution in [3.05, 3.63) is 42.2 Å². The molecule has 0 saturated carbocycles. The van der Waals surface area contributed by atoms with E-state index in [-0.39, 0.29) is 0 Å². The number of ether oxygens (including phenoxy) is 4. The molecule has 4 rings (SSSR count). The Balaban J connectivity index is 1.82. The third-order valence-corrected chi connectivity index (χ3v) is 4.51. The SMILES string of the molecule is COc1cc(-c2nocc2-c2ccc3c(c2)OCC3)cc(OC)c1OC. The summed E-state index contributed by atoms with van der Waals surface area (Å²) in [6, 6.07) is 9.88. The molecule has 1 aliphatic heterocycles. The van der Waals surface area contributed by atoms with E-state index in [0.29, 0.717) is 22.9 Å². The van der Waals surface area contributed by atoms with Crippen LogP contribution in [-0.2, 0) is 6.42 Å². The van der Waals surface area contributed by atoms with Crippen molar-refractivity contribution >= 4 is 0 Å². The summed E-state index contributed by atoms with van der Waals surface area (Å²) in [5.41, 5.74) is 4.58. The van der Waals surface area contributed by atoms with E-state index in [0.717, 1.165) is 35.5 Å². The molecule has 0 unspecified atom stereocenters. The van der Waals surface area contributed by atoms with Gasteiger partial charge in [-0.15, -0.1) is 0 Å². The number of fused-ring (bicyclic) bond motifs is 1. The summed E-state index contributed by atoms with van der Waals surface area (Å²) in [6.45, 7) is 0.724. The Morgan fingerprint density at radius 1 is 0.923 bits per heavy atom. The van der Waals surface area contributed by atoms with E-state index in [1.54, 1.807) is 27.6 Å². The smallest absolute Gasteiger partial charge is 0.203 e. The summed E-state index contributed by atoms with van der Waals surface area (Å²) >= 11 is 0. The molecule has 3 aromatic rings. The summed E-state index contributed by atoms with van der Waals surface area (Å²) in [5, 5.41) is 4.19. The van der Waals surface area contributed by atoms with Crippen LogP contribution in [0.4, 0.5) is 0 Å². The van der Waals surface area contributed by atoms with Crippen molar-refractivity contribution in [1.29, 1.82) is 0 Å². The molecule has 0 atom stereocenters. The molecule has 134 valence electrons. The van der Waals surface area contributed by atoms with Crippen LogP contribution in [0.3, 0.4) is 0 Å². The van der Waals surface area contributed by atoms with Gasteiger partial charge >= 0.3 is 0 Å². The number of hydrogen-bond donors (Lipinski definition) is 0. The summed E-state index contributed by atoms with van der Waals surface area (Å²) < 4.78 is 27.2. The summed E-state index contributed by atoms with van der Waals surface area (Å²) in [5.74, 6) is 2.58. The van der Waals surface area contributed by atoms with Gasteiger partial charge in [0.15, 0.2) is 11.5 Å². The number of rotatable bonds is 5. The minimum Gasteiger partial charge on any atom is -0.493 e. The number of benzene rings is 2. The monoisotopic (exact) mass is 353 g/mol. The van der Waals surface area contributed by atoms with Crippen molar-refractivity contribution in [2.75, 3.05) is 27.9 Å². The lowest BCUT2D eigenvalue weighted by atomic mass is 9.99. The zero-order valence-electron chi connectivity index (χ0n) is 14.9. The zero-order valence-corrected chi connectivity index (χ0v) is 14.9. The quantitative estimate of drug-likeness (QED) is 0.692. The van der Waals surface area contributed by atoms with Crippen molar-refractivity contribution < 1.29 is 23.5 Å². The van der Waals surface area contributed by atoms with Crippen LogP contribution in [0.5, 0.6) is 23.0 Å². The van der Waals surface area contributed by atoms with Gasteiger partial charge in [-0.3, -0.25) is 0 Å². The second-order valence-electron chi connectivity index (χ2n) is 5.91. The van der Waals surface area contributed by atoms with Gasteiger partial charge in [-0.25, -0.2) is 0 Å². The molecule has 0 bridgehead atoms. The van der Waals surface area contributed by atoms with E-state index in [1.165, 1.54) is 5.56 Å². The third kappa shape index (κ3) is 2.63. The second-order valence-corrected chi connectivity index (χ2v) is 5.91. The van der Waals surface area contributed by atoms with Crippen molar-refractivity contribution in [1.82, 2.24) is 5.16 Å². The van der Waals surface area contributed by atoms with Crippen molar-refractivity contribution in [2.45, 2.75) is 6.42 Å². The molecule has 2 aromatic carbocycles. The maximum atomic E-state index is 5.68. The van der Waals surface area contributed by atoms with Crippen LogP contribution in [0, 0.1) is 0 Å². The predicted octanol–water partition coefficient (Wildman–Crippen LogP) is 3.97. The minimum atomic E-state index is 0.537. The number of methoxy groups -OCH3 is 3. The Kier molecular flexibility index (Phi) is 4.16. The van der Waals surface area contributed by atoms with E-state index >= 15 is 0 Å². The van der Waals surface area contributed by atoms with E-state index in [2.05, 4.69) is 17.3 Å². The van der Waals surface area contributed by atoms with Crippen molar-refractivity contribution in [3.63, 3.8) is 0 Å². The minimum absolute atomic E-state index is 0.537. The van der Waals surface area contributed by atoms with Gasteiger partial charge in [-0.05, 0) is 29.3 Å². The van der Waals surface area contributed by atoms with Gasteiger partial charge in [0.2, 0.25) is 5.75 Å². The Labute approximate surface area is 151 Å².